The van der Waals surface area contributed by atoms with E-state index in [1.54, 1.807) is 0 Å². The minimum Gasteiger partial charge on any atom is -0.241 e. The molecule has 2 unspecified atom stereocenters. The molecule has 0 rings (SSSR count). The van der Waals surface area contributed by atoms with Crippen LogP contribution in [0.2, 0.25) is 0 Å². The van der Waals surface area contributed by atoms with E-state index in [9.17, 15) is 0 Å². The van der Waals surface area contributed by atoms with Gasteiger partial charge in [-0.15, -0.1) is 0 Å². The third-order valence-corrected chi connectivity index (χ3v) is 4.60. The average Bonchev–Trinajstić information content (AvgIpc) is 2.47. The van der Waals surface area contributed by atoms with Gasteiger partial charge in [0.1, 0.15) is 0 Å². The van der Waals surface area contributed by atoms with Crippen molar-refractivity contribution in [2.24, 2.45) is 11.8 Å². The van der Waals surface area contributed by atoms with Crippen LogP contribution >= 0.6 is 0 Å². The molecule has 2 atom stereocenters. The van der Waals surface area contributed by atoms with E-state index in [0.29, 0.717) is 0 Å². The molecule has 0 saturated heterocycles. The van der Waals surface area contributed by atoms with Crippen LogP contribution in [0.1, 0.15) is 105 Å². The molecule has 0 heterocycles. The Morgan fingerprint density at radius 3 is 1.29 bits per heavy atom. The lowest BCUT2D eigenvalue weighted by atomic mass is 9.94. The molecule has 0 amide bonds. The van der Waals surface area contributed by atoms with E-state index in [0.717, 1.165) is 24.9 Å². The Morgan fingerprint density at radius 2 is 0.952 bits per heavy atom. The maximum atomic E-state index is 4.97. The van der Waals surface area contributed by atoms with Gasteiger partial charge in [-0.05, 0) is 37.5 Å². The first-order chi connectivity index (χ1) is 10.3. The molecular weight excluding hydrogens is 254 g/mol. The van der Waals surface area contributed by atoms with Crippen LogP contribution in [0.3, 0.4) is 0 Å². The van der Waals surface area contributed by atoms with Gasteiger partial charge in [-0.25, -0.2) is 5.32 Å². The van der Waals surface area contributed by atoms with Gasteiger partial charge in [0, 0.05) is 13.1 Å². The summed E-state index contributed by atoms with van der Waals surface area (Å²) in [6, 6.07) is 0. The summed E-state index contributed by atoms with van der Waals surface area (Å²) in [7, 11) is 0. The number of rotatable bonds is 16. The minimum absolute atomic E-state index is 0.861. The van der Waals surface area contributed by atoms with Crippen molar-refractivity contribution in [1.82, 2.24) is 5.32 Å². The Hall–Kier alpha value is -0.0400. The van der Waals surface area contributed by atoms with Gasteiger partial charge < -0.3 is 0 Å². The fourth-order valence-corrected chi connectivity index (χ4v) is 3.28. The molecular formula is C20H42N. The predicted octanol–water partition coefficient (Wildman–Crippen LogP) is 6.58. The molecule has 1 heteroatoms. The van der Waals surface area contributed by atoms with E-state index in [-0.39, 0.29) is 0 Å². The highest BCUT2D eigenvalue weighted by molar-refractivity contribution is 4.67. The molecule has 1 nitrogen and oxygen atoms in total. The summed E-state index contributed by atoms with van der Waals surface area (Å²) < 4.78 is 0. The van der Waals surface area contributed by atoms with Gasteiger partial charge >= 0.3 is 0 Å². The van der Waals surface area contributed by atoms with Crippen molar-refractivity contribution >= 4 is 0 Å². The summed E-state index contributed by atoms with van der Waals surface area (Å²) in [5, 5.41) is 4.97. The van der Waals surface area contributed by atoms with Gasteiger partial charge in [0.25, 0.3) is 0 Å². The molecule has 0 bridgehead atoms. The predicted molar refractivity (Wildman–Crippen MR) is 96.9 cm³/mol. The lowest BCUT2D eigenvalue weighted by Crippen LogP contribution is -2.23. The van der Waals surface area contributed by atoms with Crippen LogP contribution in [0.4, 0.5) is 0 Å². The molecule has 0 aromatic heterocycles. The standard InChI is InChI=1S/C20H42N/c1-5-9-11-15-19(13-7-3)17-21-18-20(14-8-4)16-12-10-6-2/h19-20H,5-18H2,1-4H3. The van der Waals surface area contributed by atoms with Crippen molar-refractivity contribution in [2.75, 3.05) is 13.1 Å². The molecule has 0 aliphatic heterocycles. The summed E-state index contributed by atoms with van der Waals surface area (Å²) in [5.41, 5.74) is 0. The molecule has 0 N–H and O–H groups in total. The van der Waals surface area contributed by atoms with Crippen LogP contribution < -0.4 is 5.32 Å². The largest absolute Gasteiger partial charge is 0.241 e. The summed E-state index contributed by atoms with van der Waals surface area (Å²) in [5.74, 6) is 1.72. The quantitative estimate of drug-likeness (QED) is 0.285. The number of unbranched alkanes of at least 4 members (excludes halogenated alkanes) is 4. The van der Waals surface area contributed by atoms with Crippen LogP contribution in [0.15, 0.2) is 0 Å². The molecule has 21 heavy (non-hydrogen) atoms. The summed E-state index contributed by atoms with van der Waals surface area (Å²) in [4.78, 5) is 0. The number of hydrogen-bond acceptors (Lipinski definition) is 0. The maximum Gasteiger partial charge on any atom is 0.0161 e. The first-order valence-electron chi connectivity index (χ1n) is 9.91. The van der Waals surface area contributed by atoms with Gasteiger partial charge in [-0.1, -0.05) is 79.1 Å². The van der Waals surface area contributed by atoms with Gasteiger partial charge in [-0.2, -0.15) is 0 Å². The molecule has 0 spiro atoms. The molecule has 1 radical (unpaired) electrons. The Bertz CT molecular complexity index is 170. The van der Waals surface area contributed by atoms with Crippen molar-refractivity contribution < 1.29 is 0 Å². The van der Waals surface area contributed by atoms with Gasteiger partial charge in [0.15, 0.2) is 0 Å². The fourth-order valence-electron chi connectivity index (χ4n) is 3.28. The molecule has 0 aliphatic rings. The van der Waals surface area contributed by atoms with Crippen LogP contribution in [0.5, 0.6) is 0 Å². The summed E-state index contributed by atoms with van der Waals surface area (Å²) >= 11 is 0. The van der Waals surface area contributed by atoms with Crippen LogP contribution in [0, 0.1) is 11.8 Å². The van der Waals surface area contributed by atoms with Gasteiger partial charge in [-0.3, -0.25) is 0 Å². The van der Waals surface area contributed by atoms with Crippen LogP contribution in [-0.4, -0.2) is 13.1 Å². The highest BCUT2D eigenvalue weighted by Gasteiger charge is 2.11. The molecule has 0 saturated carbocycles. The zero-order valence-electron chi connectivity index (χ0n) is 15.5. The molecule has 0 aromatic rings. The van der Waals surface area contributed by atoms with Crippen molar-refractivity contribution in [2.45, 2.75) is 105 Å². The average molecular weight is 297 g/mol. The van der Waals surface area contributed by atoms with E-state index in [4.69, 9.17) is 5.32 Å². The number of nitrogens with zero attached hydrogens (tertiary/aromatic N) is 1. The van der Waals surface area contributed by atoms with E-state index in [1.807, 2.05) is 0 Å². The Labute approximate surface area is 135 Å². The normalized spacial score (nSPS) is 14.3. The van der Waals surface area contributed by atoms with Gasteiger partial charge in [0.2, 0.25) is 0 Å². The Balaban J connectivity index is 3.88. The molecule has 127 valence electrons. The second-order valence-electron chi connectivity index (χ2n) is 6.89. The lowest BCUT2D eigenvalue weighted by molar-refractivity contribution is 0.349. The van der Waals surface area contributed by atoms with E-state index in [2.05, 4.69) is 27.7 Å². The van der Waals surface area contributed by atoms with E-state index in [1.165, 1.54) is 77.0 Å². The highest BCUT2D eigenvalue weighted by Crippen LogP contribution is 2.18. The van der Waals surface area contributed by atoms with E-state index < -0.39 is 0 Å². The van der Waals surface area contributed by atoms with Gasteiger partial charge in [0.05, 0.1) is 0 Å². The van der Waals surface area contributed by atoms with Crippen molar-refractivity contribution in [1.29, 1.82) is 0 Å². The highest BCUT2D eigenvalue weighted by atomic mass is 14.9. The molecule has 0 aliphatic carbocycles. The second kappa shape index (κ2) is 16.3. The van der Waals surface area contributed by atoms with Crippen molar-refractivity contribution in [3.8, 4) is 0 Å². The molecule has 0 aromatic carbocycles. The van der Waals surface area contributed by atoms with E-state index >= 15 is 0 Å². The first kappa shape index (κ1) is 21.0. The maximum absolute atomic E-state index is 4.97. The SMILES string of the molecule is CCCCCC(CCC)C[N]CC(CCC)CCCCC. The zero-order chi connectivity index (χ0) is 15.8. The summed E-state index contributed by atoms with van der Waals surface area (Å²) in [6.45, 7) is 11.5. The van der Waals surface area contributed by atoms with Crippen molar-refractivity contribution in [3.63, 3.8) is 0 Å². The Morgan fingerprint density at radius 1 is 0.524 bits per heavy atom. The van der Waals surface area contributed by atoms with Crippen LogP contribution in [-0.2, 0) is 0 Å². The topological polar surface area (TPSA) is 14.1 Å². The second-order valence-corrected chi connectivity index (χ2v) is 6.89. The third-order valence-electron chi connectivity index (χ3n) is 4.60. The fraction of sp³-hybridized carbons (Fsp3) is 1.00. The number of hydrogen-bond donors (Lipinski definition) is 0. The Kier molecular flexibility index (Phi) is 16.3. The van der Waals surface area contributed by atoms with Crippen LogP contribution in [0.25, 0.3) is 0 Å². The minimum atomic E-state index is 0.861. The lowest BCUT2D eigenvalue weighted by Gasteiger charge is -2.19. The monoisotopic (exact) mass is 296 g/mol. The van der Waals surface area contributed by atoms with Crippen molar-refractivity contribution in [3.05, 3.63) is 0 Å². The zero-order valence-corrected chi connectivity index (χ0v) is 15.5. The smallest absolute Gasteiger partial charge is 0.0161 e. The summed E-state index contributed by atoms with van der Waals surface area (Å²) in [6.07, 6.45) is 16.5. The third kappa shape index (κ3) is 13.4. The first-order valence-corrected chi connectivity index (χ1v) is 9.91. The molecule has 0 fully saturated rings.